The Labute approximate surface area is 102 Å². The molecule has 0 heterocycles. The Kier molecular flexibility index (Phi) is 5.23. The van der Waals surface area contributed by atoms with Crippen LogP contribution in [0.2, 0.25) is 0 Å². The van der Waals surface area contributed by atoms with Crippen LogP contribution in [0.1, 0.15) is 32.3 Å². The summed E-state index contributed by atoms with van der Waals surface area (Å²) in [6.45, 7) is 4.78. The lowest BCUT2D eigenvalue weighted by Gasteiger charge is -2.29. The molecule has 1 N–H and O–H groups in total. The van der Waals surface area contributed by atoms with Crippen molar-refractivity contribution >= 4 is 11.6 Å². The van der Waals surface area contributed by atoms with Gasteiger partial charge in [-0.05, 0) is 25.8 Å². The summed E-state index contributed by atoms with van der Waals surface area (Å²) >= 11 is 5.76. The summed E-state index contributed by atoms with van der Waals surface area (Å²) in [4.78, 5) is 0. The molecule has 0 spiro atoms. The van der Waals surface area contributed by atoms with Gasteiger partial charge in [-0.2, -0.15) is 0 Å². The first kappa shape index (κ1) is 13.5. The van der Waals surface area contributed by atoms with Crippen LogP contribution >= 0.6 is 11.6 Å². The first-order valence-corrected chi connectivity index (χ1v) is 6.19. The van der Waals surface area contributed by atoms with Crippen LogP contribution in [-0.2, 0) is 6.54 Å². The van der Waals surface area contributed by atoms with Crippen molar-refractivity contribution < 1.29 is 4.39 Å². The molecule has 0 aliphatic carbocycles. The second-order valence-corrected chi connectivity index (χ2v) is 4.68. The van der Waals surface area contributed by atoms with E-state index in [0.29, 0.717) is 18.0 Å². The molecule has 1 rings (SSSR count). The summed E-state index contributed by atoms with van der Waals surface area (Å²) < 4.78 is 13.4. The van der Waals surface area contributed by atoms with Gasteiger partial charge in [0.05, 0.1) is 0 Å². The van der Waals surface area contributed by atoms with Crippen molar-refractivity contribution in [3.8, 4) is 0 Å². The average molecular weight is 244 g/mol. The van der Waals surface area contributed by atoms with Gasteiger partial charge in [-0.25, -0.2) is 4.39 Å². The molecule has 90 valence electrons. The molecular formula is C13H19ClFN. The first-order chi connectivity index (χ1) is 7.61. The minimum absolute atomic E-state index is 0.00989. The van der Waals surface area contributed by atoms with Crippen LogP contribution in [0.5, 0.6) is 0 Å². The Morgan fingerprint density at radius 2 is 2.06 bits per heavy atom. The van der Waals surface area contributed by atoms with Crippen LogP contribution in [0, 0.1) is 5.82 Å². The highest BCUT2D eigenvalue weighted by atomic mass is 35.5. The zero-order valence-corrected chi connectivity index (χ0v) is 10.6. The molecular weight excluding hydrogens is 225 g/mol. The minimum Gasteiger partial charge on any atom is -0.307 e. The molecule has 0 aromatic heterocycles. The van der Waals surface area contributed by atoms with Crippen molar-refractivity contribution in [1.82, 2.24) is 5.32 Å². The molecule has 0 radical (unpaired) electrons. The zero-order valence-electron chi connectivity index (χ0n) is 9.89. The number of rotatable bonds is 6. The van der Waals surface area contributed by atoms with E-state index < -0.39 is 0 Å². The van der Waals surface area contributed by atoms with Gasteiger partial charge in [0, 0.05) is 23.5 Å². The number of halogens is 2. The van der Waals surface area contributed by atoms with Crippen molar-refractivity contribution in [2.75, 3.05) is 5.88 Å². The molecule has 3 heteroatoms. The minimum atomic E-state index is -0.153. The van der Waals surface area contributed by atoms with Crippen LogP contribution in [0.15, 0.2) is 24.3 Å². The number of hydrogen-bond donors (Lipinski definition) is 1. The zero-order chi connectivity index (χ0) is 12.0. The molecule has 1 unspecified atom stereocenters. The fourth-order valence-corrected chi connectivity index (χ4v) is 1.97. The van der Waals surface area contributed by atoms with Crippen LogP contribution in [-0.4, -0.2) is 11.4 Å². The van der Waals surface area contributed by atoms with E-state index in [1.807, 2.05) is 6.07 Å². The fourth-order valence-electron chi connectivity index (χ4n) is 1.55. The summed E-state index contributed by atoms with van der Waals surface area (Å²) in [5.74, 6) is 0.466. The smallest absolute Gasteiger partial charge is 0.127 e. The highest BCUT2D eigenvalue weighted by Gasteiger charge is 2.20. The quantitative estimate of drug-likeness (QED) is 0.751. The van der Waals surface area contributed by atoms with E-state index in [1.54, 1.807) is 12.1 Å². The molecule has 1 aromatic carbocycles. The van der Waals surface area contributed by atoms with Crippen LogP contribution in [0.3, 0.4) is 0 Å². The molecule has 0 aliphatic heterocycles. The Bertz CT molecular complexity index is 329. The topological polar surface area (TPSA) is 12.0 Å². The third-order valence-electron chi connectivity index (χ3n) is 3.09. The van der Waals surface area contributed by atoms with Gasteiger partial charge in [0.25, 0.3) is 0 Å². The molecule has 0 aliphatic rings. The molecule has 1 atom stereocenters. The largest absolute Gasteiger partial charge is 0.307 e. The maximum Gasteiger partial charge on any atom is 0.127 e. The van der Waals surface area contributed by atoms with Gasteiger partial charge in [-0.3, -0.25) is 0 Å². The number of nitrogens with one attached hydrogen (secondary N) is 1. The van der Waals surface area contributed by atoms with E-state index in [-0.39, 0.29) is 11.4 Å². The van der Waals surface area contributed by atoms with Gasteiger partial charge >= 0.3 is 0 Å². The Hall–Kier alpha value is -0.600. The van der Waals surface area contributed by atoms with Gasteiger partial charge in [-0.15, -0.1) is 11.6 Å². The molecule has 16 heavy (non-hydrogen) atoms. The second-order valence-electron chi connectivity index (χ2n) is 4.30. The molecule has 0 bridgehead atoms. The summed E-state index contributed by atoms with van der Waals surface area (Å²) in [6.07, 6.45) is 1.87. The highest BCUT2D eigenvalue weighted by molar-refractivity contribution is 6.17. The predicted molar refractivity (Wildman–Crippen MR) is 67.3 cm³/mol. The van der Waals surface area contributed by atoms with E-state index in [2.05, 4.69) is 19.2 Å². The van der Waals surface area contributed by atoms with Gasteiger partial charge in [-0.1, -0.05) is 25.1 Å². The lowest BCUT2D eigenvalue weighted by atomic mass is 9.95. The van der Waals surface area contributed by atoms with E-state index in [4.69, 9.17) is 11.6 Å². The van der Waals surface area contributed by atoms with Crippen LogP contribution in [0.4, 0.5) is 4.39 Å². The third kappa shape index (κ3) is 3.76. The third-order valence-corrected chi connectivity index (χ3v) is 3.28. The maximum absolute atomic E-state index is 13.4. The standard InChI is InChI=1S/C13H19ClFN/c1-3-13(2,8-9-14)16-10-11-6-4-5-7-12(11)15/h4-7,16H,3,8-10H2,1-2H3. The molecule has 0 amide bonds. The Morgan fingerprint density at radius 1 is 1.38 bits per heavy atom. The Balaban J connectivity index is 2.59. The second kappa shape index (κ2) is 6.21. The van der Waals surface area contributed by atoms with E-state index in [0.717, 1.165) is 12.8 Å². The van der Waals surface area contributed by atoms with E-state index >= 15 is 0 Å². The maximum atomic E-state index is 13.4. The molecule has 0 fully saturated rings. The van der Waals surface area contributed by atoms with Crippen molar-refractivity contribution in [3.05, 3.63) is 35.6 Å². The monoisotopic (exact) mass is 243 g/mol. The van der Waals surface area contributed by atoms with E-state index in [1.165, 1.54) is 6.07 Å². The lowest BCUT2D eigenvalue weighted by molar-refractivity contribution is 0.329. The normalized spacial score (nSPS) is 14.8. The number of alkyl halides is 1. The van der Waals surface area contributed by atoms with Crippen molar-refractivity contribution in [2.45, 2.75) is 38.8 Å². The van der Waals surface area contributed by atoms with Crippen LogP contribution < -0.4 is 5.32 Å². The molecule has 1 nitrogen and oxygen atoms in total. The summed E-state index contributed by atoms with van der Waals surface area (Å²) in [5, 5.41) is 3.38. The summed E-state index contributed by atoms with van der Waals surface area (Å²) in [6, 6.07) is 6.85. The van der Waals surface area contributed by atoms with Crippen LogP contribution in [0.25, 0.3) is 0 Å². The lowest BCUT2D eigenvalue weighted by Crippen LogP contribution is -2.41. The average Bonchev–Trinajstić information content (AvgIpc) is 2.28. The molecule has 0 saturated carbocycles. The van der Waals surface area contributed by atoms with Crippen molar-refractivity contribution in [1.29, 1.82) is 0 Å². The number of hydrogen-bond acceptors (Lipinski definition) is 1. The Morgan fingerprint density at radius 3 is 2.62 bits per heavy atom. The van der Waals surface area contributed by atoms with Gasteiger partial charge < -0.3 is 5.32 Å². The summed E-state index contributed by atoms with van der Waals surface area (Å²) in [7, 11) is 0. The molecule has 0 saturated heterocycles. The van der Waals surface area contributed by atoms with Crippen molar-refractivity contribution in [2.24, 2.45) is 0 Å². The van der Waals surface area contributed by atoms with Gasteiger partial charge in [0.2, 0.25) is 0 Å². The van der Waals surface area contributed by atoms with Crippen molar-refractivity contribution in [3.63, 3.8) is 0 Å². The molecule has 1 aromatic rings. The number of benzene rings is 1. The fraction of sp³-hybridized carbons (Fsp3) is 0.538. The van der Waals surface area contributed by atoms with Gasteiger partial charge in [0.15, 0.2) is 0 Å². The SMILES string of the molecule is CCC(C)(CCCl)NCc1ccccc1F. The highest BCUT2D eigenvalue weighted by Crippen LogP contribution is 2.17. The first-order valence-electron chi connectivity index (χ1n) is 5.65. The van der Waals surface area contributed by atoms with E-state index in [9.17, 15) is 4.39 Å². The summed E-state index contributed by atoms with van der Waals surface area (Å²) in [5.41, 5.74) is 0.695. The van der Waals surface area contributed by atoms with Gasteiger partial charge in [0.1, 0.15) is 5.82 Å². The predicted octanol–water partition coefficient (Wildman–Crippen LogP) is 3.71.